The molecule has 1 N–H and O–H groups in total. The van der Waals surface area contributed by atoms with Crippen LogP contribution in [0.1, 0.15) is 47.4 Å². The highest BCUT2D eigenvalue weighted by atomic mass is 16.5. The van der Waals surface area contributed by atoms with E-state index in [0.717, 1.165) is 12.0 Å². The Kier molecular flexibility index (Phi) is 6.83. The summed E-state index contributed by atoms with van der Waals surface area (Å²) in [6, 6.07) is 17.2. The van der Waals surface area contributed by atoms with E-state index in [0.29, 0.717) is 41.6 Å². The molecule has 0 saturated carbocycles. The quantitative estimate of drug-likeness (QED) is 0.584. The smallest absolute Gasteiger partial charge is 0.258 e. The number of pyridine rings is 1. The van der Waals surface area contributed by atoms with Gasteiger partial charge in [0.05, 0.1) is 11.6 Å². The van der Waals surface area contributed by atoms with Crippen LogP contribution in [0.5, 0.6) is 0 Å². The van der Waals surface area contributed by atoms with E-state index in [1.165, 1.54) is 0 Å². The molecule has 1 heterocycles. The number of hydrogen-bond acceptors (Lipinski definition) is 3. The van der Waals surface area contributed by atoms with Gasteiger partial charge in [0.25, 0.3) is 11.5 Å². The molecule has 0 aliphatic rings. The lowest BCUT2D eigenvalue weighted by atomic mass is 10.0. The summed E-state index contributed by atoms with van der Waals surface area (Å²) in [5, 5.41) is 4.42. The predicted octanol–water partition coefficient (Wildman–Crippen LogP) is 4.23. The molecular weight excluding hydrogens is 364 g/mol. The molecule has 29 heavy (non-hydrogen) atoms. The van der Waals surface area contributed by atoms with Crippen molar-refractivity contribution < 1.29 is 9.53 Å². The second-order valence-electron chi connectivity index (χ2n) is 7.15. The molecule has 0 unspecified atom stereocenters. The van der Waals surface area contributed by atoms with Crippen molar-refractivity contribution in [2.75, 3.05) is 13.7 Å². The lowest BCUT2D eigenvalue weighted by Crippen LogP contribution is -2.32. The minimum Gasteiger partial charge on any atom is -0.385 e. The van der Waals surface area contributed by atoms with Gasteiger partial charge in [0, 0.05) is 36.7 Å². The number of nitrogens with zero attached hydrogens (tertiary/aromatic N) is 1. The summed E-state index contributed by atoms with van der Waals surface area (Å²) in [5.74, 6) is -0.158. The number of hydrogen-bond donors (Lipinski definition) is 1. The lowest BCUT2D eigenvalue weighted by Gasteiger charge is -2.21. The van der Waals surface area contributed by atoms with Crippen LogP contribution in [0.25, 0.3) is 10.8 Å². The van der Waals surface area contributed by atoms with Crippen molar-refractivity contribution in [2.45, 2.75) is 39.3 Å². The molecule has 0 bridgehead atoms. The highest BCUT2D eigenvalue weighted by Gasteiger charge is 2.21. The Labute approximate surface area is 171 Å². The van der Waals surface area contributed by atoms with Crippen LogP contribution in [0.3, 0.4) is 0 Å². The van der Waals surface area contributed by atoms with Gasteiger partial charge < -0.3 is 14.6 Å². The van der Waals surface area contributed by atoms with Crippen LogP contribution in [-0.4, -0.2) is 24.2 Å². The average molecular weight is 392 g/mol. The fraction of sp³-hybridized carbons (Fsp3) is 0.333. The number of methoxy groups -OCH3 is 1. The molecule has 3 rings (SSSR count). The monoisotopic (exact) mass is 392 g/mol. The molecule has 1 atom stereocenters. The third-order valence-electron chi connectivity index (χ3n) is 5.31. The van der Waals surface area contributed by atoms with Crippen molar-refractivity contribution in [2.24, 2.45) is 0 Å². The van der Waals surface area contributed by atoms with Gasteiger partial charge in [0.2, 0.25) is 0 Å². The van der Waals surface area contributed by atoms with Gasteiger partial charge in [-0.3, -0.25) is 9.59 Å². The van der Waals surface area contributed by atoms with Crippen molar-refractivity contribution in [1.82, 2.24) is 9.88 Å². The number of rotatable bonds is 8. The van der Waals surface area contributed by atoms with Gasteiger partial charge in [-0.25, -0.2) is 0 Å². The van der Waals surface area contributed by atoms with Crippen molar-refractivity contribution in [3.63, 3.8) is 0 Å². The number of benzene rings is 2. The van der Waals surface area contributed by atoms with Crippen LogP contribution in [0.4, 0.5) is 0 Å². The molecule has 0 aliphatic heterocycles. The van der Waals surface area contributed by atoms with Crippen LogP contribution >= 0.6 is 0 Å². The maximum absolute atomic E-state index is 13.4. The summed E-state index contributed by atoms with van der Waals surface area (Å²) < 4.78 is 6.82. The summed E-state index contributed by atoms with van der Waals surface area (Å²) >= 11 is 0. The van der Waals surface area contributed by atoms with E-state index < -0.39 is 0 Å². The Hall–Kier alpha value is -2.92. The minimum atomic E-state index is -0.158. The SMILES string of the molecule is CC[C@H](NC(=O)c1c(C)n(CCCOC)c(=O)c2ccccc12)c1ccccc1. The zero-order valence-electron chi connectivity index (χ0n) is 17.3. The molecule has 0 spiro atoms. The largest absolute Gasteiger partial charge is 0.385 e. The second-order valence-corrected chi connectivity index (χ2v) is 7.15. The fourth-order valence-corrected chi connectivity index (χ4v) is 3.77. The lowest BCUT2D eigenvalue weighted by molar-refractivity contribution is 0.0935. The summed E-state index contributed by atoms with van der Waals surface area (Å²) in [4.78, 5) is 26.4. The first-order valence-electron chi connectivity index (χ1n) is 10.0. The van der Waals surface area contributed by atoms with E-state index >= 15 is 0 Å². The number of carbonyl (C=O) groups excluding carboxylic acids is 1. The van der Waals surface area contributed by atoms with Crippen LogP contribution in [0, 0.1) is 6.92 Å². The van der Waals surface area contributed by atoms with Gasteiger partial charge in [0.15, 0.2) is 0 Å². The number of ether oxygens (including phenoxy) is 1. The van der Waals surface area contributed by atoms with Gasteiger partial charge in [-0.2, -0.15) is 0 Å². The van der Waals surface area contributed by atoms with E-state index in [1.807, 2.05) is 55.5 Å². The first kappa shape index (κ1) is 20.8. The van der Waals surface area contributed by atoms with Gasteiger partial charge in [-0.05, 0) is 31.4 Å². The molecular formula is C24H28N2O3. The number of amides is 1. The Morgan fingerprint density at radius 1 is 1.07 bits per heavy atom. The summed E-state index contributed by atoms with van der Waals surface area (Å²) in [6.07, 6.45) is 1.48. The third kappa shape index (κ3) is 4.40. The molecule has 3 aromatic rings. The second kappa shape index (κ2) is 9.52. The van der Waals surface area contributed by atoms with E-state index in [4.69, 9.17) is 4.74 Å². The topological polar surface area (TPSA) is 60.3 Å². The van der Waals surface area contributed by atoms with Gasteiger partial charge >= 0.3 is 0 Å². The van der Waals surface area contributed by atoms with Crippen LogP contribution in [-0.2, 0) is 11.3 Å². The third-order valence-corrected chi connectivity index (χ3v) is 5.31. The number of aromatic nitrogens is 1. The molecule has 0 radical (unpaired) electrons. The summed E-state index contributed by atoms with van der Waals surface area (Å²) in [6.45, 7) is 4.97. The van der Waals surface area contributed by atoms with Crippen molar-refractivity contribution >= 4 is 16.7 Å². The number of fused-ring (bicyclic) bond motifs is 1. The molecule has 5 nitrogen and oxygen atoms in total. The molecule has 152 valence electrons. The molecule has 2 aromatic carbocycles. The fourth-order valence-electron chi connectivity index (χ4n) is 3.77. The maximum atomic E-state index is 13.4. The minimum absolute atomic E-state index is 0.0687. The van der Waals surface area contributed by atoms with Crippen molar-refractivity contribution in [3.05, 3.63) is 81.8 Å². The highest BCUT2D eigenvalue weighted by molar-refractivity contribution is 6.07. The van der Waals surface area contributed by atoms with Crippen LogP contribution in [0.15, 0.2) is 59.4 Å². The Morgan fingerprint density at radius 2 is 1.72 bits per heavy atom. The molecule has 0 fully saturated rings. The Bertz CT molecular complexity index is 1040. The molecule has 1 amide bonds. The van der Waals surface area contributed by atoms with Crippen LogP contribution in [0.2, 0.25) is 0 Å². The van der Waals surface area contributed by atoms with Crippen molar-refractivity contribution in [3.8, 4) is 0 Å². The first-order valence-corrected chi connectivity index (χ1v) is 10.0. The van der Waals surface area contributed by atoms with Crippen LogP contribution < -0.4 is 10.9 Å². The summed E-state index contributed by atoms with van der Waals surface area (Å²) in [7, 11) is 1.64. The normalized spacial score (nSPS) is 12.1. The molecule has 5 heteroatoms. The molecule has 1 aromatic heterocycles. The predicted molar refractivity (Wildman–Crippen MR) is 116 cm³/mol. The molecule has 0 saturated heterocycles. The van der Waals surface area contributed by atoms with E-state index in [-0.39, 0.29) is 17.5 Å². The maximum Gasteiger partial charge on any atom is 0.258 e. The van der Waals surface area contributed by atoms with Crippen molar-refractivity contribution in [1.29, 1.82) is 0 Å². The van der Waals surface area contributed by atoms with E-state index in [2.05, 4.69) is 12.2 Å². The standard InChI is InChI=1S/C24H28N2O3/c1-4-21(18-11-6-5-7-12-18)25-23(27)22-17(2)26(15-10-16-29-3)24(28)20-14-9-8-13-19(20)22/h5-9,11-14,21H,4,10,15-16H2,1-3H3,(H,25,27)/t21-/m0/s1. The summed E-state index contributed by atoms with van der Waals surface area (Å²) in [5.41, 5.74) is 2.25. The Morgan fingerprint density at radius 3 is 2.38 bits per heavy atom. The Balaban J connectivity index is 2.05. The zero-order chi connectivity index (χ0) is 20.8. The van der Waals surface area contributed by atoms with E-state index in [1.54, 1.807) is 17.7 Å². The average Bonchev–Trinajstić information content (AvgIpc) is 2.75. The van der Waals surface area contributed by atoms with Gasteiger partial charge in [0.1, 0.15) is 0 Å². The number of nitrogens with one attached hydrogen (secondary N) is 1. The number of carbonyl (C=O) groups is 1. The van der Waals surface area contributed by atoms with Gasteiger partial charge in [-0.1, -0.05) is 55.5 Å². The van der Waals surface area contributed by atoms with Gasteiger partial charge in [-0.15, -0.1) is 0 Å². The highest BCUT2D eigenvalue weighted by Crippen LogP contribution is 2.22. The van der Waals surface area contributed by atoms with E-state index in [9.17, 15) is 9.59 Å². The first-order chi connectivity index (χ1) is 14.1. The zero-order valence-corrected chi connectivity index (χ0v) is 17.3. The molecule has 0 aliphatic carbocycles.